The van der Waals surface area contributed by atoms with Crippen LogP contribution in [0.15, 0.2) is 24.3 Å². The summed E-state index contributed by atoms with van der Waals surface area (Å²) in [5.74, 6) is 0.399. The summed E-state index contributed by atoms with van der Waals surface area (Å²) in [6, 6.07) is 8.16. The van der Waals surface area contributed by atoms with Crippen LogP contribution < -0.4 is 5.32 Å². The first kappa shape index (κ1) is 30.5. The van der Waals surface area contributed by atoms with Gasteiger partial charge in [-0.3, -0.25) is 9.69 Å². The highest BCUT2D eigenvalue weighted by Gasteiger charge is 2.45. The van der Waals surface area contributed by atoms with Gasteiger partial charge in [-0.15, -0.1) is 0 Å². The summed E-state index contributed by atoms with van der Waals surface area (Å²) in [4.78, 5) is 19.9. The van der Waals surface area contributed by atoms with Gasteiger partial charge in [-0.25, -0.2) is 4.98 Å². The molecular formula is C35H49N3O5. The van der Waals surface area contributed by atoms with E-state index in [1.807, 2.05) is 7.05 Å². The number of hydrogen-bond acceptors (Lipinski definition) is 7. The lowest BCUT2D eigenvalue weighted by Crippen LogP contribution is -2.45. The molecule has 0 unspecified atom stereocenters. The number of aryl methyl sites for hydroxylation is 3. The molecule has 4 aliphatic rings. The van der Waals surface area contributed by atoms with Crippen LogP contribution in [0, 0.1) is 6.92 Å². The third-order valence-corrected chi connectivity index (χ3v) is 10.2. The van der Waals surface area contributed by atoms with E-state index in [1.165, 1.54) is 12.0 Å². The van der Waals surface area contributed by atoms with Crippen molar-refractivity contribution in [1.29, 1.82) is 0 Å². The number of pyridine rings is 1. The Labute approximate surface area is 256 Å². The largest absolute Gasteiger partial charge is 0.480 e. The highest BCUT2D eigenvalue weighted by Crippen LogP contribution is 2.47. The molecule has 1 spiro atoms. The van der Waals surface area contributed by atoms with Gasteiger partial charge in [-0.2, -0.15) is 0 Å². The van der Waals surface area contributed by atoms with E-state index in [2.05, 4.69) is 48.3 Å². The van der Waals surface area contributed by atoms with Gasteiger partial charge in [0.2, 0.25) is 0 Å². The van der Waals surface area contributed by atoms with E-state index in [4.69, 9.17) is 19.2 Å². The van der Waals surface area contributed by atoms with Crippen LogP contribution in [0.5, 0.6) is 0 Å². The van der Waals surface area contributed by atoms with E-state index in [9.17, 15) is 9.90 Å². The fourth-order valence-corrected chi connectivity index (χ4v) is 7.86. The molecule has 8 nitrogen and oxygen atoms in total. The predicted octanol–water partition coefficient (Wildman–Crippen LogP) is 5.91. The second-order valence-corrected chi connectivity index (χ2v) is 13.3. The Morgan fingerprint density at radius 3 is 2.95 bits per heavy atom. The van der Waals surface area contributed by atoms with Crippen LogP contribution in [0.4, 0.5) is 5.82 Å². The molecule has 6 rings (SSSR count). The van der Waals surface area contributed by atoms with E-state index < -0.39 is 17.6 Å². The summed E-state index contributed by atoms with van der Waals surface area (Å²) < 4.78 is 18.7. The van der Waals surface area contributed by atoms with Crippen LogP contribution in [0.25, 0.3) is 0 Å². The molecule has 43 heavy (non-hydrogen) atoms. The van der Waals surface area contributed by atoms with Crippen molar-refractivity contribution in [3.8, 4) is 0 Å². The summed E-state index contributed by atoms with van der Waals surface area (Å²) >= 11 is 0. The van der Waals surface area contributed by atoms with Crippen LogP contribution >= 0.6 is 0 Å². The summed E-state index contributed by atoms with van der Waals surface area (Å²) in [6.45, 7) is 7.85. The van der Waals surface area contributed by atoms with Crippen molar-refractivity contribution in [3.63, 3.8) is 0 Å². The molecule has 1 aromatic carbocycles. The average Bonchev–Trinajstić information content (AvgIpc) is 3.48. The topological polar surface area (TPSA) is 93.2 Å². The number of likely N-dealkylation sites (N-methyl/N-ethyl adjacent to an activating group) is 1. The van der Waals surface area contributed by atoms with Gasteiger partial charge >= 0.3 is 5.97 Å². The number of aliphatic carboxylic acids is 1. The third-order valence-electron chi connectivity index (χ3n) is 10.2. The minimum atomic E-state index is -0.793. The zero-order valence-electron chi connectivity index (χ0n) is 26.2. The van der Waals surface area contributed by atoms with Crippen molar-refractivity contribution < 1.29 is 24.1 Å². The van der Waals surface area contributed by atoms with Gasteiger partial charge in [0.25, 0.3) is 0 Å². The van der Waals surface area contributed by atoms with Crippen LogP contribution in [-0.4, -0.2) is 73.1 Å². The van der Waals surface area contributed by atoms with Crippen LogP contribution in [0.1, 0.15) is 104 Å². The predicted molar refractivity (Wildman–Crippen MR) is 167 cm³/mol. The van der Waals surface area contributed by atoms with Gasteiger partial charge < -0.3 is 24.6 Å². The minimum absolute atomic E-state index is 0.126. The number of aromatic nitrogens is 1. The SMILES string of the molecule is Cc1cc([C@H](C(=O)O)N(C)[C@H]2CC[C@H](OCCCCc3ccc4c(n3)NCCC4)C2)c2c(c1)[C@@]1(CCCOC1)OC[C@H]2C. The molecule has 2 aromatic rings. The molecule has 2 N–H and O–H groups in total. The number of unbranched alkanes of at least 4 members (excludes halogenated alkanes) is 1. The van der Waals surface area contributed by atoms with Gasteiger partial charge in [0.15, 0.2) is 0 Å². The van der Waals surface area contributed by atoms with Crippen molar-refractivity contribution in [2.45, 2.75) is 108 Å². The summed E-state index contributed by atoms with van der Waals surface area (Å²) in [7, 11) is 1.99. The number of nitrogens with one attached hydrogen (secondary N) is 1. The monoisotopic (exact) mass is 591 g/mol. The van der Waals surface area contributed by atoms with Gasteiger partial charge in [0, 0.05) is 37.4 Å². The van der Waals surface area contributed by atoms with Crippen molar-refractivity contribution >= 4 is 11.8 Å². The number of nitrogens with zero attached hydrogens (tertiary/aromatic N) is 2. The molecule has 2 fully saturated rings. The fourth-order valence-electron chi connectivity index (χ4n) is 7.86. The summed E-state index contributed by atoms with van der Waals surface area (Å²) in [5, 5.41) is 14.1. The molecule has 3 aliphatic heterocycles. The molecule has 1 aliphatic carbocycles. The van der Waals surface area contributed by atoms with Crippen molar-refractivity contribution in [2.75, 3.05) is 45.3 Å². The lowest BCUT2D eigenvalue weighted by Gasteiger charge is -2.45. The molecule has 234 valence electrons. The number of hydrogen-bond donors (Lipinski definition) is 2. The molecule has 0 radical (unpaired) electrons. The molecule has 5 atom stereocenters. The molecule has 0 bridgehead atoms. The highest BCUT2D eigenvalue weighted by molar-refractivity contribution is 5.77. The molecule has 4 heterocycles. The normalized spacial score (nSPS) is 27.5. The molecule has 1 saturated carbocycles. The summed E-state index contributed by atoms with van der Waals surface area (Å²) in [6.07, 6.45) is 10.1. The Bertz CT molecular complexity index is 1290. The van der Waals surface area contributed by atoms with E-state index >= 15 is 0 Å². The number of anilines is 1. The van der Waals surface area contributed by atoms with Gasteiger partial charge in [0.05, 0.1) is 19.3 Å². The van der Waals surface area contributed by atoms with E-state index in [0.29, 0.717) is 13.2 Å². The lowest BCUT2D eigenvalue weighted by molar-refractivity contribution is -0.147. The van der Waals surface area contributed by atoms with Gasteiger partial charge in [-0.05, 0) is 106 Å². The minimum Gasteiger partial charge on any atom is -0.480 e. The van der Waals surface area contributed by atoms with E-state index in [0.717, 1.165) is 111 Å². The molecule has 1 aromatic heterocycles. The maximum atomic E-state index is 13.0. The second-order valence-electron chi connectivity index (χ2n) is 13.3. The van der Waals surface area contributed by atoms with Gasteiger partial charge in [0.1, 0.15) is 17.5 Å². The van der Waals surface area contributed by atoms with Crippen molar-refractivity contribution in [2.24, 2.45) is 0 Å². The standard InChI is InChI=1S/C35H49N3O5/c1-23-18-29(31-24(2)21-43-35(30(31)19-23)14-7-16-41-22-35)32(34(39)40)38(3)27-12-13-28(20-27)42-17-5-4-9-26-11-10-25-8-6-15-36-33(25)37-26/h10-11,18-19,24,27-28,32H,4-9,12-17,20-22H2,1-3H3,(H,36,37)(H,39,40)/t24-,27+,28+,32-,35+/m1/s1. The molecule has 0 amide bonds. The fraction of sp³-hybridized carbons (Fsp3) is 0.657. The zero-order chi connectivity index (χ0) is 30.0. The Hall–Kier alpha value is -2.52. The average molecular weight is 592 g/mol. The number of rotatable bonds is 10. The Balaban J connectivity index is 1.07. The number of fused-ring (bicyclic) bond motifs is 3. The second kappa shape index (κ2) is 13.2. The maximum absolute atomic E-state index is 13.0. The number of carbonyl (C=O) groups is 1. The molecule has 8 heteroatoms. The van der Waals surface area contributed by atoms with Crippen molar-refractivity contribution in [1.82, 2.24) is 9.88 Å². The Morgan fingerprint density at radius 2 is 2.14 bits per heavy atom. The highest BCUT2D eigenvalue weighted by atomic mass is 16.5. The van der Waals surface area contributed by atoms with Crippen LogP contribution in [-0.2, 0) is 37.4 Å². The first-order valence-corrected chi connectivity index (χ1v) is 16.5. The first-order valence-electron chi connectivity index (χ1n) is 16.5. The first-order chi connectivity index (χ1) is 20.8. The zero-order valence-corrected chi connectivity index (χ0v) is 26.2. The Kier molecular flexibility index (Phi) is 9.38. The third kappa shape index (κ3) is 6.48. The van der Waals surface area contributed by atoms with Crippen molar-refractivity contribution in [3.05, 3.63) is 57.8 Å². The number of carboxylic acids is 1. The molecular weight excluding hydrogens is 542 g/mol. The van der Waals surface area contributed by atoms with Crippen LogP contribution in [0.2, 0.25) is 0 Å². The maximum Gasteiger partial charge on any atom is 0.325 e. The molecule has 1 saturated heterocycles. The van der Waals surface area contributed by atoms with E-state index in [-0.39, 0.29) is 18.1 Å². The van der Waals surface area contributed by atoms with Crippen LogP contribution in [0.3, 0.4) is 0 Å². The summed E-state index contributed by atoms with van der Waals surface area (Å²) in [5.41, 5.74) is 6.29. The lowest BCUT2D eigenvalue weighted by atomic mass is 9.75. The number of ether oxygens (including phenoxy) is 3. The smallest absolute Gasteiger partial charge is 0.325 e. The van der Waals surface area contributed by atoms with E-state index in [1.54, 1.807) is 0 Å². The number of benzene rings is 1. The number of carboxylic acid groups (broad SMARTS) is 1. The Morgan fingerprint density at radius 1 is 1.26 bits per heavy atom. The quantitative estimate of drug-likeness (QED) is 0.330. The van der Waals surface area contributed by atoms with Gasteiger partial charge in [-0.1, -0.05) is 30.7 Å².